The number of nitrogens with one attached hydrogen (secondary N) is 1. The van der Waals surface area contributed by atoms with Crippen LogP contribution in [0.15, 0.2) is 18.6 Å². The number of piperidine rings is 1. The van der Waals surface area contributed by atoms with Crippen LogP contribution in [0.3, 0.4) is 0 Å². The first-order valence-corrected chi connectivity index (χ1v) is 7.44. The van der Waals surface area contributed by atoms with Crippen molar-refractivity contribution in [3.05, 3.63) is 18.6 Å². The Kier molecular flexibility index (Phi) is 4.36. The van der Waals surface area contributed by atoms with Gasteiger partial charge < -0.3 is 15.0 Å². The highest BCUT2D eigenvalue weighted by molar-refractivity contribution is 5.83. The summed E-state index contributed by atoms with van der Waals surface area (Å²) in [7, 11) is 0. The first-order chi connectivity index (χ1) is 10.7. The Hall–Kier alpha value is -2.38. The molecule has 2 aliphatic rings. The van der Waals surface area contributed by atoms with Crippen molar-refractivity contribution < 1.29 is 14.3 Å². The van der Waals surface area contributed by atoms with E-state index < -0.39 is 6.09 Å². The Morgan fingerprint density at radius 1 is 1.32 bits per heavy atom. The van der Waals surface area contributed by atoms with Gasteiger partial charge in [0.1, 0.15) is 19.0 Å². The first-order valence-electron chi connectivity index (χ1n) is 7.44. The van der Waals surface area contributed by atoms with Crippen molar-refractivity contribution in [3.63, 3.8) is 0 Å². The Labute approximate surface area is 128 Å². The zero-order chi connectivity index (χ0) is 15.4. The number of nitrogens with zero attached hydrogens (tertiary/aromatic N) is 4. The highest BCUT2D eigenvalue weighted by atomic mass is 16.6. The zero-order valence-electron chi connectivity index (χ0n) is 12.3. The predicted molar refractivity (Wildman–Crippen MR) is 78.3 cm³/mol. The van der Waals surface area contributed by atoms with E-state index in [1.807, 2.05) is 0 Å². The molecule has 3 rings (SSSR count). The lowest BCUT2D eigenvalue weighted by molar-refractivity contribution is -0.122. The van der Waals surface area contributed by atoms with E-state index >= 15 is 0 Å². The Morgan fingerprint density at radius 3 is 2.77 bits per heavy atom. The molecular weight excluding hydrogens is 286 g/mol. The molecule has 0 radical (unpaired) electrons. The van der Waals surface area contributed by atoms with Crippen molar-refractivity contribution in [2.45, 2.75) is 18.9 Å². The number of hydrogen-bond acceptors (Lipinski definition) is 6. The van der Waals surface area contributed by atoms with Crippen LogP contribution in [0.1, 0.15) is 12.8 Å². The normalized spacial score (nSPS) is 19.2. The molecule has 1 aromatic rings. The second-order valence-electron chi connectivity index (χ2n) is 5.43. The molecule has 0 spiro atoms. The van der Waals surface area contributed by atoms with Crippen LogP contribution in [0, 0.1) is 0 Å². The number of hydrogen-bond donors (Lipinski definition) is 1. The lowest BCUT2D eigenvalue weighted by atomic mass is 10.1. The minimum Gasteiger partial charge on any atom is -0.448 e. The molecular formula is C14H19N5O3. The molecule has 2 amide bonds. The van der Waals surface area contributed by atoms with Crippen molar-refractivity contribution in [3.8, 4) is 0 Å². The Morgan fingerprint density at radius 2 is 2.14 bits per heavy atom. The van der Waals surface area contributed by atoms with Gasteiger partial charge in [-0.15, -0.1) is 0 Å². The van der Waals surface area contributed by atoms with Gasteiger partial charge in [-0.05, 0) is 12.8 Å². The predicted octanol–water partition coefficient (Wildman–Crippen LogP) is 0.0138. The van der Waals surface area contributed by atoms with Crippen molar-refractivity contribution in [2.24, 2.45) is 0 Å². The maximum atomic E-state index is 12.0. The van der Waals surface area contributed by atoms with Gasteiger partial charge in [0.05, 0.1) is 12.7 Å². The average molecular weight is 305 g/mol. The number of anilines is 1. The molecule has 2 fully saturated rings. The van der Waals surface area contributed by atoms with Crippen LogP contribution < -0.4 is 10.2 Å². The van der Waals surface area contributed by atoms with Crippen LogP contribution in [-0.4, -0.2) is 65.7 Å². The molecule has 2 aliphatic heterocycles. The fourth-order valence-electron chi connectivity index (χ4n) is 2.72. The van der Waals surface area contributed by atoms with Gasteiger partial charge in [-0.2, -0.15) is 0 Å². The Balaban J connectivity index is 1.44. The second kappa shape index (κ2) is 6.59. The van der Waals surface area contributed by atoms with Crippen molar-refractivity contribution in [2.75, 3.05) is 37.7 Å². The van der Waals surface area contributed by atoms with Crippen LogP contribution in [0.25, 0.3) is 0 Å². The molecule has 22 heavy (non-hydrogen) atoms. The van der Waals surface area contributed by atoms with Crippen molar-refractivity contribution in [1.82, 2.24) is 20.2 Å². The van der Waals surface area contributed by atoms with E-state index in [2.05, 4.69) is 20.2 Å². The third kappa shape index (κ3) is 3.44. The third-order valence-electron chi connectivity index (χ3n) is 3.91. The molecule has 1 aromatic heterocycles. The third-order valence-corrected chi connectivity index (χ3v) is 3.91. The first kappa shape index (κ1) is 14.6. The summed E-state index contributed by atoms with van der Waals surface area (Å²) in [6, 6.07) is 0.138. The second-order valence-corrected chi connectivity index (χ2v) is 5.43. The molecule has 0 atom stereocenters. The molecule has 3 heterocycles. The fourth-order valence-corrected chi connectivity index (χ4v) is 2.72. The molecule has 2 saturated heterocycles. The molecule has 8 nitrogen and oxygen atoms in total. The van der Waals surface area contributed by atoms with Gasteiger partial charge in [0.2, 0.25) is 5.91 Å². The van der Waals surface area contributed by atoms with Crippen LogP contribution >= 0.6 is 0 Å². The van der Waals surface area contributed by atoms with E-state index in [1.54, 1.807) is 18.6 Å². The van der Waals surface area contributed by atoms with E-state index in [1.165, 1.54) is 4.90 Å². The smallest absolute Gasteiger partial charge is 0.410 e. The van der Waals surface area contributed by atoms with Gasteiger partial charge in [-0.3, -0.25) is 14.7 Å². The number of amides is 2. The van der Waals surface area contributed by atoms with E-state index in [0.29, 0.717) is 13.2 Å². The van der Waals surface area contributed by atoms with Crippen LogP contribution in [0.2, 0.25) is 0 Å². The van der Waals surface area contributed by atoms with E-state index in [4.69, 9.17) is 4.74 Å². The van der Waals surface area contributed by atoms with E-state index in [9.17, 15) is 9.59 Å². The van der Waals surface area contributed by atoms with Crippen molar-refractivity contribution in [1.29, 1.82) is 0 Å². The summed E-state index contributed by atoms with van der Waals surface area (Å²) < 4.78 is 4.81. The highest BCUT2D eigenvalue weighted by Gasteiger charge is 2.26. The van der Waals surface area contributed by atoms with Gasteiger partial charge in [0, 0.05) is 31.5 Å². The lowest BCUT2D eigenvalue weighted by Gasteiger charge is -2.33. The average Bonchev–Trinajstić information content (AvgIpc) is 2.94. The largest absolute Gasteiger partial charge is 0.448 e. The van der Waals surface area contributed by atoms with Crippen molar-refractivity contribution >= 4 is 17.8 Å². The summed E-state index contributed by atoms with van der Waals surface area (Å²) in [4.78, 5) is 35.2. The summed E-state index contributed by atoms with van der Waals surface area (Å²) in [5, 5.41) is 2.99. The molecule has 0 bridgehead atoms. The summed E-state index contributed by atoms with van der Waals surface area (Å²) in [5.74, 6) is 0.740. The molecule has 0 unspecified atom stereocenters. The number of rotatable bonds is 4. The molecule has 0 saturated carbocycles. The zero-order valence-corrected chi connectivity index (χ0v) is 12.3. The summed E-state index contributed by atoms with van der Waals surface area (Å²) >= 11 is 0. The maximum Gasteiger partial charge on any atom is 0.410 e. The summed E-state index contributed by atoms with van der Waals surface area (Å²) in [5.41, 5.74) is 0. The highest BCUT2D eigenvalue weighted by Crippen LogP contribution is 2.16. The summed E-state index contributed by atoms with van der Waals surface area (Å²) in [6.45, 7) is 2.58. The minimum absolute atomic E-state index is 0.0726. The molecule has 118 valence electrons. The number of carbonyl (C=O) groups is 2. The van der Waals surface area contributed by atoms with Gasteiger partial charge in [-0.25, -0.2) is 9.78 Å². The van der Waals surface area contributed by atoms with Gasteiger partial charge in [0.15, 0.2) is 0 Å². The molecule has 8 heteroatoms. The topological polar surface area (TPSA) is 87.7 Å². The quantitative estimate of drug-likeness (QED) is 0.843. The SMILES string of the molecule is O=C(CN1CCOC1=O)NC1CCN(c2cnccn2)CC1. The number of carbonyl (C=O) groups excluding carboxylic acids is 2. The number of cyclic esters (lactones) is 1. The lowest BCUT2D eigenvalue weighted by Crippen LogP contribution is -2.47. The summed E-state index contributed by atoms with van der Waals surface area (Å²) in [6.07, 6.45) is 6.38. The van der Waals surface area contributed by atoms with Gasteiger partial charge >= 0.3 is 6.09 Å². The number of aromatic nitrogens is 2. The minimum atomic E-state index is -0.410. The van der Waals surface area contributed by atoms with E-state index in [0.717, 1.165) is 31.7 Å². The van der Waals surface area contributed by atoms with Gasteiger partial charge in [-0.1, -0.05) is 0 Å². The molecule has 0 aliphatic carbocycles. The Bertz CT molecular complexity index is 531. The molecule has 0 aromatic carbocycles. The fraction of sp³-hybridized carbons (Fsp3) is 0.571. The maximum absolute atomic E-state index is 12.0. The standard InChI is InChI=1S/C14H19N5O3/c20-13(10-19-7-8-22-14(19)21)17-11-1-5-18(6-2-11)12-9-15-3-4-16-12/h3-4,9,11H,1-2,5-8,10H2,(H,17,20). The monoisotopic (exact) mass is 305 g/mol. The van der Waals surface area contributed by atoms with Crippen LogP contribution in [-0.2, 0) is 9.53 Å². The molecule has 1 N–H and O–H groups in total. The van der Waals surface area contributed by atoms with Gasteiger partial charge in [0.25, 0.3) is 0 Å². The number of ether oxygens (including phenoxy) is 1. The van der Waals surface area contributed by atoms with Crippen LogP contribution in [0.4, 0.5) is 10.6 Å². The van der Waals surface area contributed by atoms with Crippen LogP contribution in [0.5, 0.6) is 0 Å². The van der Waals surface area contributed by atoms with E-state index in [-0.39, 0.29) is 18.5 Å².